The van der Waals surface area contributed by atoms with E-state index in [9.17, 15) is 4.79 Å². The van der Waals surface area contributed by atoms with Gasteiger partial charge in [-0.1, -0.05) is 25.1 Å². The van der Waals surface area contributed by atoms with E-state index in [4.69, 9.17) is 9.47 Å². The molecule has 2 aromatic carbocycles. The normalized spacial score (nSPS) is 15.2. The summed E-state index contributed by atoms with van der Waals surface area (Å²) in [6.07, 6.45) is 0.710. The molecule has 0 saturated carbocycles. The first-order valence-electron chi connectivity index (χ1n) is 10.6. The van der Waals surface area contributed by atoms with Crippen LogP contribution in [0.4, 0.5) is 0 Å². The number of rotatable bonds is 8. The number of hydrogen-bond donors (Lipinski definition) is 1. The number of hydrogen-bond acceptors (Lipinski definition) is 6. The van der Waals surface area contributed by atoms with Gasteiger partial charge in [0.25, 0.3) is 5.91 Å². The molecule has 3 aromatic rings. The number of amides is 1. The summed E-state index contributed by atoms with van der Waals surface area (Å²) in [5.74, 6) is 0.646. The lowest BCUT2D eigenvalue weighted by Gasteiger charge is -2.26. The first-order valence-corrected chi connectivity index (χ1v) is 11.5. The van der Waals surface area contributed by atoms with Gasteiger partial charge in [0.1, 0.15) is 12.4 Å². The van der Waals surface area contributed by atoms with Gasteiger partial charge in [-0.25, -0.2) is 5.43 Å². The van der Waals surface area contributed by atoms with Crippen molar-refractivity contribution in [1.29, 1.82) is 0 Å². The molecule has 0 radical (unpaired) electrons. The highest BCUT2D eigenvalue weighted by molar-refractivity contribution is 7.17. The van der Waals surface area contributed by atoms with Gasteiger partial charge in [0, 0.05) is 35.1 Å². The average molecular weight is 438 g/mol. The van der Waals surface area contributed by atoms with Gasteiger partial charge >= 0.3 is 0 Å². The number of thiophene rings is 1. The lowest BCUT2D eigenvalue weighted by Crippen LogP contribution is -2.38. The quantitative estimate of drug-likeness (QED) is 0.425. The van der Waals surface area contributed by atoms with E-state index < -0.39 is 0 Å². The van der Waals surface area contributed by atoms with Crippen LogP contribution in [0.3, 0.4) is 0 Å². The van der Waals surface area contributed by atoms with E-state index in [0.29, 0.717) is 18.6 Å². The van der Waals surface area contributed by atoms with Gasteiger partial charge in [-0.15, -0.1) is 11.3 Å². The maximum atomic E-state index is 12.6. The fourth-order valence-corrected chi connectivity index (χ4v) is 4.48. The molecule has 1 aliphatic rings. The second kappa shape index (κ2) is 10.5. The minimum Gasteiger partial charge on any atom is -0.492 e. The second-order valence-electron chi connectivity index (χ2n) is 7.33. The number of morpholine rings is 1. The lowest BCUT2D eigenvalue weighted by atomic mass is 10.1. The molecular formula is C24H27N3O3S. The highest BCUT2D eigenvalue weighted by Gasteiger charge is 2.12. The van der Waals surface area contributed by atoms with Crippen LogP contribution in [0.5, 0.6) is 5.75 Å². The third-order valence-electron chi connectivity index (χ3n) is 5.32. The molecule has 1 aromatic heterocycles. The zero-order valence-electron chi connectivity index (χ0n) is 17.7. The fraction of sp³-hybridized carbons (Fsp3) is 0.333. The van der Waals surface area contributed by atoms with Crippen molar-refractivity contribution in [3.05, 3.63) is 65.0 Å². The Morgan fingerprint density at radius 2 is 1.94 bits per heavy atom. The Morgan fingerprint density at radius 1 is 1.16 bits per heavy atom. The predicted molar refractivity (Wildman–Crippen MR) is 125 cm³/mol. The molecule has 0 unspecified atom stereocenters. The molecule has 162 valence electrons. The van der Waals surface area contributed by atoms with Crippen LogP contribution in [0.25, 0.3) is 10.1 Å². The molecule has 1 saturated heterocycles. The highest BCUT2D eigenvalue weighted by atomic mass is 32.1. The zero-order chi connectivity index (χ0) is 21.5. The van der Waals surface area contributed by atoms with Gasteiger partial charge in [-0.05, 0) is 42.3 Å². The monoisotopic (exact) mass is 437 g/mol. The molecular weight excluding hydrogens is 410 g/mol. The molecule has 1 aliphatic heterocycles. The molecule has 4 rings (SSSR count). The Bertz CT molecular complexity index is 1040. The van der Waals surface area contributed by atoms with Crippen LogP contribution in [0.2, 0.25) is 0 Å². The van der Waals surface area contributed by atoms with Crippen LogP contribution in [0.15, 0.2) is 59.0 Å². The Balaban J connectivity index is 1.34. The third-order valence-corrected chi connectivity index (χ3v) is 6.28. The van der Waals surface area contributed by atoms with Crippen molar-refractivity contribution in [2.24, 2.45) is 5.10 Å². The van der Waals surface area contributed by atoms with Crippen molar-refractivity contribution in [1.82, 2.24) is 10.3 Å². The van der Waals surface area contributed by atoms with E-state index in [-0.39, 0.29) is 5.91 Å². The van der Waals surface area contributed by atoms with Gasteiger partial charge in [0.2, 0.25) is 0 Å². The van der Waals surface area contributed by atoms with Crippen LogP contribution in [-0.2, 0) is 4.74 Å². The van der Waals surface area contributed by atoms with Gasteiger partial charge in [0.15, 0.2) is 0 Å². The number of benzene rings is 2. The number of hydrazone groups is 1. The summed E-state index contributed by atoms with van der Waals surface area (Å²) >= 11 is 1.56. The molecule has 0 aliphatic carbocycles. The maximum absolute atomic E-state index is 12.6. The molecule has 1 N–H and O–H groups in total. The van der Waals surface area contributed by atoms with E-state index >= 15 is 0 Å². The van der Waals surface area contributed by atoms with E-state index in [1.54, 1.807) is 11.3 Å². The number of nitrogens with one attached hydrogen (secondary N) is 1. The first kappa shape index (κ1) is 21.5. The maximum Gasteiger partial charge on any atom is 0.272 e. The number of ether oxygens (including phenoxy) is 2. The smallest absolute Gasteiger partial charge is 0.272 e. The van der Waals surface area contributed by atoms with Crippen molar-refractivity contribution in [3.8, 4) is 5.75 Å². The van der Waals surface area contributed by atoms with Crippen molar-refractivity contribution in [2.45, 2.75) is 13.3 Å². The molecule has 0 spiro atoms. The molecule has 7 heteroatoms. The fourth-order valence-electron chi connectivity index (χ4n) is 3.54. The SMILES string of the molecule is CC/C(=N/NC(=O)c1csc2ccccc12)c1ccc(OCCN2CCOCC2)cc1. The zero-order valence-corrected chi connectivity index (χ0v) is 18.5. The van der Waals surface area contributed by atoms with Gasteiger partial charge in [-0.2, -0.15) is 5.10 Å². The topological polar surface area (TPSA) is 63.2 Å². The molecule has 31 heavy (non-hydrogen) atoms. The summed E-state index contributed by atoms with van der Waals surface area (Å²) < 4.78 is 12.3. The second-order valence-corrected chi connectivity index (χ2v) is 8.24. The van der Waals surface area contributed by atoms with Crippen molar-refractivity contribution in [2.75, 3.05) is 39.5 Å². The van der Waals surface area contributed by atoms with Crippen LogP contribution >= 0.6 is 11.3 Å². The van der Waals surface area contributed by atoms with E-state index in [0.717, 1.165) is 60.0 Å². The van der Waals surface area contributed by atoms with Crippen LogP contribution in [0.1, 0.15) is 29.3 Å². The van der Waals surface area contributed by atoms with Crippen molar-refractivity contribution >= 4 is 33.0 Å². The summed E-state index contributed by atoms with van der Waals surface area (Å²) in [4.78, 5) is 15.0. The van der Waals surface area contributed by atoms with Crippen molar-refractivity contribution < 1.29 is 14.3 Å². The summed E-state index contributed by atoms with van der Waals surface area (Å²) in [5, 5.41) is 7.23. The minimum atomic E-state index is -0.188. The summed E-state index contributed by atoms with van der Waals surface area (Å²) in [7, 11) is 0. The number of fused-ring (bicyclic) bond motifs is 1. The first-order chi connectivity index (χ1) is 15.2. The third kappa shape index (κ3) is 5.50. The number of nitrogens with zero attached hydrogens (tertiary/aromatic N) is 2. The van der Waals surface area contributed by atoms with Crippen molar-refractivity contribution in [3.63, 3.8) is 0 Å². The average Bonchev–Trinajstić information content (AvgIpc) is 3.25. The minimum absolute atomic E-state index is 0.188. The Labute approximate surface area is 186 Å². The summed E-state index contributed by atoms with van der Waals surface area (Å²) in [6.45, 7) is 7.10. The van der Waals surface area contributed by atoms with E-state index in [1.165, 1.54) is 0 Å². The number of carbonyl (C=O) groups is 1. The van der Waals surface area contributed by atoms with Crippen LogP contribution in [0, 0.1) is 0 Å². The molecule has 0 bridgehead atoms. The van der Waals surface area contributed by atoms with E-state index in [2.05, 4.69) is 15.4 Å². The van der Waals surface area contributed by atoms with Crippen LogP contribution < -0.4 is 10.2 Å². The predicted octanol–water partition coefficient (Wildman–Crippen LogP) is 4.16. The Kier molecular flexibility index (Phi) is 7.30. The van der Waals surface area contributed by atoms with E-state index in [1.807, 2.05) is 60.8 Å². The Hall–Kier alpha value is -2.74. The van der Waals surface area contributed by atoms with Crippen LogP contribution in [-0.4, -0.2) is 56.0 Å². The summed E-state index contributed by atoms with van der Waals surface area (Å²) in [5.41, 5.74) is 5.17. The Morgan fingerprint density at radius 3 is 2.71 bits per heavy atom. The molecule has 1 fully saturated rings. The molecule has 0 atom stereocenters. The standard InChI is InChI=1S/C24H27N3O3S/c1-2-22(25-26-24(28)21-17-31-23-6-4-3-5-20(21)23)18-7-9-19(10-8-18)30-16-13-27-11-14-29-15-12-27/h3-10,17H,2,11-16H2,1H3,(H,26,28)/b25-22-. The van der Waals surface area contributed by atoms with Gasteiger partial charge in [-0.3, -0.25) is 9.69 Å². The molecule has 1 amide bonds. The molecule has 6 nitrogen and oxygen atoms in total. The number of carbonyl (C=O) groups excluding carboxylic acids is 1. The lowest BCUT2D eigenvalue weighted by molar-refractivity contribution is 0.0322. The largest absolute Gasteiger partial charge is 0.492 e. The summed E-state index contributed by atoms with van der Waals surface area (Å²) in [6, 6.07) is 15.8. The highest BCUT2D eigenvalue weighted by Crippen LogP contribution is 2.25. The molecule has 2 heterocycles. The van der Waals surface area contributed by atoms with Gasteiger partial charge < -0.3 is 9.47 Å². The van der Waals surface area contributed by atoms with Gasteiger partial charge in [0.05, 0.1) is 24.5 Å².